The number of carbonyl (C=O) groups excluding carboxylic acids is 1. The second kappa shape index (κ2) is 7.65. The highest BCUT2D eigenvalue weighted by molar-refractivity contribution is 5.78. The van der Waals surface area contributed by atoms with E-state index in [4.69, 9.17) is 4.74 Å². The first-order valence-corrected chi connectivity index (χ1v) is 5.46. The summed E-state index contributed by atoms with van der Waals surface area (Å²) in [5.41, 5.74) is -0.00656. The van der Waals surface area contributed by atoms with Crippen LogP contribution in [0.15, 0.2) is 0 Å². The van der Waals surface area contributed by atoms with Gasteiger partial charge < -0.3 is 15.4 Å². The van der Waals surface area contributed by atoms with Gasteiger partial charge in [-0.05, 0) is 33.6 Å². The molecule has 0 aromatic rings. The van der Waals surface area contributed by atoms with E-state index >= 15 is 0 Å². The molecule has 4 nitrogen and oxygen atoms in total. The Morgan fingerprint density at radius 3 is 2.47 bits per heavy atom. The molecule has 0 saturated carbocycles. The van der Waals surface area contributed by atoms with Crippen molar-refractivity contribution >= 4 is 5.91 Å². The Bertz CT molecular complexity index is 176. The van der Waals surface area contributed by atoms with E-state index in [0.29, 0.717) is 6.54 Å². The van der Waals surface area contributed by atoms with Crippen molar-refractivity contribution in [2.24, 2.45) is 0 Å². The summed E-state index contributed by atoms with van der Waals surface area (Å²) in [5.74, 6) is 0.0577. The molecular formula is C11H24N2O2. The summed E-state index contributed by atoms with van der Waals surface area (Å²) in [5, 5.41) is 5.99. The molecule has 0 rings (SSSR count). The topological polar surface area (TPSA) is 50.4 Å². The Morgan fingerprint density at radius 1 is 1.27 bits per heavy atom. The van der Waals surface area contributed by atoms with Gasteiger partial charge >= 0.3 is 0 Å². The predicted molar refractivity (Wildman–Crippen MR) is 61.9 cm³/mol. The van der Waals surface area contributed by atoms with Crippen molar-refractivity contribution in [2.45, 2.75) is 39.2 Å². The molecule has 0 spiro atoms. The number of ether oxygens (including phenoxy) is 1. The molecular weight excluding hydrogens is 192 g/mol. The van der Waals surface area contributed by atoms with Gasteiger partial charge in [0.2, 0.25) is 5.91 Å². The van der Waals surface area contributed by atoms with E-state index < -0.39 is 0 Å². The molecule has 2 N–H and O–H groups in total. The molecule has 0 radical (unpaired) electrons. The molecule has 0 aromatic carbocycles. The summed E-state index contributed by atoms with van der Waals surface area (Å²) in [7, 11) is 1.69. The van der Waals surface area contributed by atoms with E-state index in [1.54, 1.807) is 7.11 Å². The Labute approximate surface area is 92.8 Å². The minimum Gasteiger partial charge on any atom is -0.385 e. The number of methoxy groups -OCH3 is 1. The second-order valence-electron chi connectivity index (χ2n) is 4.65. The first-order valence-electron chi connectivity index (χ1n) is 5.46. The summed E-state index contributed by atoms with van der Waals surface area (Å²) < 4.78 is 4.92. The first-order chi connectivity index (χ1) is 6.95. The summed E-state index contributed by atoms with van der Waals surface area (Å²) in [6.07, 6.45) is 1.96. The lowest BCUT2D eigenvalue weighted by Gasteiger charge is -2.19. The van der Waals surface area contributed by atoms with Gasteiger partial charge in [0.1, 0.15) is 0 Å². The van der Waals surface area contributed by atoms with Crippen LogP contribution in [-0.2, 0) is 9.53 Å². The van der Waals surface area contributed by atoms with Gasteiger partial charge in [-0.3, -0.25) is 4.79 Å². The number of carbonyl (C=O) groups is 1. The lowest BCUT2D eigenvalue weighted by atomic mass is 10.1. The highest BCUT2D eigenvalue weighted by Gasteiger charge is 2.10. The van der Waals surface area contributed by atoms with E-state index in [9.17, 15) is 4.79 Å². The Balaban J connectivity index is 3.34. The third kappa shape index (κ3) is 11.3. The zero-order valence-corrected chi connectivity index (χ0v) is 10.4. The van der Waals surface area contributed by atoms with Crippen molar-refractivity contribution in [2.75, 3.05) is 26.8 Å². The number of unbranched alkanes of at least 4 members (excludes halogenated alkanes) is 1. The summed E-state index contributed by atoms with van der Waals surface area (Å²) >= 11 is 0. The Hall–Kier alpha value is -0.610. The molecule has 15 heavy (non-hydrogen) atoms. The number of hydrogen-bond acceptors (Lipinski definition) is 3. The molecule has 4 heteroatoms. The minimum atomic E-state index is -0.00656. The third-order valence-electron chi connectivity index (χ3n) is 1.88. The molecule has 0 fully saturated rings. The number of hydrogen-bond donors (Lipinski definition) is 2. The van der Waals surface area contributed by atoms with Crippen molar-refractivity contribution in [3.05, 3.63) is 0 Å². The quantitative estimate of drug-likeness (QED) is 0.622. The molecule has 0 unspecified atom stereocenters. The summed E-state index contributed by atoms with van der Waals surface area (Å²) in [4.78, 5) is 11.3. The molecule has 0 saturated heterocycles. The van der Waals surface area contributed by atoms with Gasteiger partial charge in [0.05, 0.1) is 6.54 Å². The molecule has 0 aliphatic heterocycles. The van der Waals surface area contributed by atoms with E-state index in [2.05, 4.69) is 10.6 Å². The fourth-order valence-electron chi connectivity index (χ4n) is 1.01. The van der Waals surface area contributed by atoms with Crippen LogP contribution in [0.25, 0.3) is 0 Å². The van der Waals surface area contributed by atoms with Crippen molar-refractivity contribution in [1.82, 2.24) is 10.6 Å². The van der Waals surface area contributed by atoms with Gasteiger partial charge in [0.25, 0.3) is 0 Å². The average Bonchev–Trinajstić information content (AvgIpc) is 2.13. The highest BCUT2D eigenvalue weighted by atomic mass is 16.5. The van der Waals surface area contributed by atoms with Crippen LogP contribution in [0, 0.1) is 0 Å². The molecule has 0 bridgehead atoms. The Kier molecular flexibility index (Phi) is 7.34. The zero-order chi connectivity index (χ0) is 11.7. The van der Waals surface area contributed by atoms with Gasteiger partial charge in [-0.2, -0.15) is 0 Å². The molecule has 0 aliphatic rings. The SMILES string of the molecule is COCCCCNC(=O)CNC(C)(C)C. The van der Waals surface area contributed by atoms with Crippen LogP contribution < -0.4 is 10.6 Å². The van der Waals surface area contributed by atoms with Crippen molar-refractivity contribution in [3.63, 3.8) is 0 Å². The van der Waals surface area contributed by atoms with Gasteiger partial charge in [-0.25, -0.2) is 0 Å². The van der Waals surface area contributed by atoms with E-state index in [0.717, 1.165) is 26.0 Å². The largest absolute Gasteiger partial charge is 0.385 e. The van der Waals surface area contributed by atoms with E-state index in [1.165, 1.54) is 0 Å². The van der Waals surface area contributed by atoms with Gasteiger partial charge in [-0.1, -0.05) is 0 Å². The van der Waals surface area contributed by atoms with Crippen molar-refractivity contribution in [1.29, 1.82) is 0 Å². The van der Waals surface area contributed by atoms with Crippen LogP contribution in [0.4, 0.5) is 0 Å². The average molecular weight is 216 g/mol. The monoisotopic (exact) mass is 216 g/mol. The van der Waals surface area contributed by atoms with E-state index in [-0.39, 0.29) is 11.4 Å². The molecule has 0 aromatic heterocycles. The van der Waals surface area contributed by atoms with Crippen LogP contribution in [0.5, 0.6) is 0 Å². The van der Waals surface area contributed by atoms with Gasteiger partial charge in [-0.15, -0.1) is 0 Å². The Morgan fingerprint density at radius 2 is 1.93 bits per heavy atom. The zero-order valence-electron chi connectivity index (χ0n) is 10.4. The fraction of sp³-hybridized carbons (Fsp3) is 0.909. The van der Waals surface area contributed by atoms with Crippen LogP contribution >= 0.6 is 0 Å². The van der Waals surface area contributed by atoms with Crippen LogP contribution in [0.1, 0.15) is 33.6 Å². The summed E-state index contributed by atoms with van der Waals surface area (Å²) in [6.45, 7) is 7.99. The van der Waals surface area contributed by atoms with Crippen molar-refractivity contribution < 1.29 is 9.53 Å². The van der Waals surface area contributed by atoms with E-state index in [1.807, 2.05) is 20.8 Å². The molecule has 0 heterocycles. The number of amides is 1. The van der Waals surface area contributed by atoms with Crippen LogP contribution in [-0.4, -0.2) is 38.3 Å². The van der Waals surface area contributed by atoms with Crippen LogP contribution in [0.3, 0.4) is 0 Å². The van der Waals surface area contributed by atoms with Gasteiger partial charge in [0.15, 0.2) is 0 Å². The maximum absolute atomic E-state index is 11.3. The smallest absolute Gasteiger partial charge is 0.233 e. The number of rotatable bonds is 7. The van der Waals surface area contributed by atoms with Gasteiger partial charge in [0, 0.05) is 25.8 Å². The molecule has 1 amide bonds. The molecule has 90 valence electrons. The predicted octanol–water partition coefficient (Wildman–Crippen LogP) is 0.917. The molecule has 0 aliphatic carbocycles. The second-order valence-corrected chi connectivity index (χ2v) is 4.65. The lowest BCUT2D eigenvalue weighted by molar-refractivity contribution is -0.120. The maximum Gasteiger partial charge on any atom is 0.233 e. The minimum absolute atomic E-state index is 0.00656. The van der Waals surface area contributed by atoms with Crippen LogP contribution in [0.2, 0.25) is 0 Å². The standard InChI is InChI=1S/C11H24N2O2/c1-11(2,3)13-9-10(14)12-7-5-6-8-15-4/h13H,5-9H2,1-4H3,(H,12,14). The third-order valence-corrected chi connectivity index (χ3v) is 1.88. The normalized spacial score (nSPS) is 11.5. The first kappa shape index (κ1) is 14.4. The lowest BCUT2D eigenvalue weighted by Crippen LogP contribution is -2.43. The summed E-state index contributed by atoms with van der Waals surface area (Å²) in [6, 6.07) is 0. The highest BCUT2D eigenvalue weighted by Crippen LogP contribution is 1.96. The fourth-order valence-corrected chi connectivity index (χ4v) is 1.01. The van der Waals surface area contributed by atoms with Crippen molar-refractivity contribution in [3.8, 4) is 0 Å². The molecule has 0 atom stereocenters. The maximum atomic E-state index is 11.3. The number of nitrogens with one attached hydrogen (secondary N) is 2.